The number of hydrogen-bond acceptors (Lipinski definition) is 3. The molecule has 0 heterocycles. The maximum atomic E-state index is 12.4. The van der Waals surface area contributed by atoms with E-state index in [1.165, 1.54) is 0 Å². The summed E-state index contributed by atoms with van der Waals surface area (Å²) >= 11 is 0. The number of aryl methyl sites for hydroxylation is 3. The molecule has 1 N–H and O–H groups in total. The summed E-state index contributed by atoms with van der Waals surface area (Å²) in [6.45, 7) is 12.3. The van der Waals surface area contributed by atoms with Crippen molar-refractivity contribution in [3.05, 3.63) is 58.1 Å². The quantitative estimate of drug-likeness (QED) is 0.747. The Bertz CT molecular complexity index is 791. The molecule has 2 aromatic rings. The maximum Gasteiger partial charge on any atom is 0.258 e. The topological polar surface area (TPSA) is 47.6 Å². The molecule has 0 bridgehead atoms. The van der Waals surface area contributed by atoms with Gasteiger partial charge in [0.25, 0.3) is 5.91 Å². The van der Waals surface area contributed by atoms with Gasteiger partial charge in [-0.2, -0.15) is 0 Å². The standard InChI is InChI=1S/C23H31NO3/c1-14(2)20-12-21(17(5)11-22(20)26-7)18(6)24-23(25)13-27-19-9-15(3)8-16(4)10-19/h8-12,14,18H,13H2,1-7H3,(H,24,25). The predicted octanol–water partition coefficient (Wildman–Crippen LogP) is 5.00. The minimum Gasteiger partial charge on any atom is -0.496 e. The van der Waals surface area contributed by atoms with Crippen molar-refractivity contribution in [2.75, 3.05) is 13.7 Å². The Kier molecular flexibility index (Phi) is 6.89. The first-order valence-electron chi connectivity index (χ1n) is 9.40. The van der Waals surface area contributed by atoms with E-state index in [-0.39, 0.29) is 18.6 Å². The molecule has 0 fully saturated rings. The summed E-state index contributed by atoms with van der Waals surface area (Å²) in [4.78, 5) is 12.4. The highest BCUT2D eigenvalue weighted by atomic mass is 16.5. The van der Waals surface area contributed by atoms with Gasteiger partial charge in [0, 0.05) is 0 Å². The number of ether oxygens (including phenoxy) is 2. The highest BCUT2D eigenvalue weighted by Crippen LogP contribution is 2.32. The second kappa shape index (κ2) is 8.94. The Hall–Kier alpha value is -2.49. The summed E-state index contributed by atoms with van der Waals surface area (Å²) in [6.07, 6.45) is 0. The molecular formula is C23H31NO3. The van der Waals surface area contributed by atoms with E-state index in [2.05, 4.69) is 31.3 Å². The van der Waals surface area contributed by atoms with Crippen LogP contribution in [-0.2, 0) is 4.79 Å². The Balaban J connectivity index is 2.06. The van der Waals surface area contributed by atoms with Gasteiger partial charge in [0.2, 0.25) is 0 Å². The molecule has 1 atom stereocenters. The van der Waals surface area contributed by atoms with Crippen LogP contribution in [0.15, 0.2) is 30.3 Å². The van der Waals surface area contributed by atoms with Gasteiger partial charge in [-0.15, -0.1) is 0 Å². The van der Waals surface area contributed by atoms with Crippen LogP contribution in [0.5, 0.6) is 11.5 Å². The first kappa shape index (κ1) is 20.8. The van der Waals surface area contributed by atoms with Gasteiger partial charge in [-0.3, -0.25) is 4.79 Å². The fraction of sp³-hybridized carbons (Fsp3) is 0.435. The van der Waals surface area contributed by atoms with Crippen molar-refractivity contribution in [2.24, 2.45) is 0 Å². The Morgan fingerprint density at radius 1 is 0.963 bits per heavy atom. The van der Waals surface area contributed by atoms with Crippen molar-refractivity contribution in [1.29, 1.82) is 0 Å². The molecular weight excluding hydrogens is 338 g/mol. The molecule has 1 unspecified atom stereocenters. The summed E-state index contributed by atoms with van der Waals surface area (Å²) in [5, 5.41) is 3.04. The van der Waals surface area contributed by atoms with E-state index < -0.39 is 0 Å². The Morgan fingerprint density at radius 2 is 1.59 bits per heavy atom. The second-order valence-electron chi connectivity index (χ2n) is 7.51. The number of amides is 1. The molecule has 0 aliphatic rings. The van der Waals surface area contributed by atoms with Crippen LogP contribution in [0.1, 0.15) is 60.5 Å². The lowest BCUT2D eigenvalue weighted by atomic mass is 9.93. The SMILES string of the molecule is COc1cc(C)c(C(C)NC(=O)COc2cc(C)cc(C)c2)cc1C(C)C. The van der Waals surface area contributed by atoms with Crippen molar-refractivity contribution < 1.29 is 14.3 Å². The summed E-state index contributed by atoms with van der Waals surface area (Å²) in [6, 6.07) is 10.0. The van der Waals surface area contributed by atoms with Crippen molar-refractivity contribution in [1.82, 2.24) is 5.32 Å². The molecule has 0 saturated carbocycles. The number of carbonyl (C=O) groups is 1. The van der Waals surface area contributed by atoms with Crippen LogP contribution in [0.3, 0.4) is 0 Å². The van der Waals surface area contributed by atoms with Crippen LogP contribution in [0, 0.1) is 20.8 Å². The molecule has 4 nitrogen and oxygen atoms in total. The highest BCUT2D eigenvalue weighted by Gasteiger charge is 2.17. The fourth-order valence-corrected chi connectivity index (χ4v) is 3.34. The first-order chi connectivity index (χ1) is 12.7. The summed E-state index contributed by atoms with van der Waals surface area (Å²) in [7, 11) is 1.69. The first-order valence-corrected chi connectivity index (χ1v) is 9.40. The molecule has 0 saturated heterocycles. The van der Waals surface area contributed by atoms with Crippen LogP contribution in [0.25, 0.3) is 0 Å². The van der Waals surface area contributed by atoms with Gasteiger partial charge in [-0.1, -0.05) is 19.9 Å². The maximum absolute atomic E-state index is 12.4. The second-order valence-corrected chi connectivity index (χ2v) is 7.51. The molecule has 0 aliphatic carbocycles. The monoisotopic (exact) mass is 369 g/mol. The number of carbonyl (C=O) groups excluding carboxylic acids is 1. The van der Waals surface area contributed by atoms with Crippen molar-refractivity contribution in [3.63, 3.8) is 0 Å². The van der Waals surface area contributed by atoms with E-state index in [0.717, 1.165) is 39.3 Å². The Morgan fingerprint density at radius 3 is 2.15 bits per heavy atom. The van der Waals surface area contributed by atoms with Gasteiger partial charge in [-0.05, 0) is 85.7 Å². The van der Waals surface area contributed by atoms with Crippen LogP contribution < -0.4 is 14.8 Å². The lowest BCUT2D eigenvalue weighted by molar-refractivity contribution is -0.123. The molecule has 146 valence electrons. The van der Waals surface area contributed by atoms with E-state index in [0.29, 0.717) is 5.92 Å². The average Bonchev–Trinajstić information content (AvgIpc) is 2.58. The smallest absolute Gasteiger partial charge is 0.258 e. The van der Waals surface area contributed by atoms with Gasteiger partial charge in [0.1, 0.15) is 11.5 Å². The number of nitrogens with one attached hydrogen (secondary N) is 1. The molecule has 2 rings (SSSR count). The van der Waals surface area contributed by atoms with Gasteiger partial charge >= 0.3 is 0 Å². The van der Waals surface area contributed by atoms with Gasteiger partial charge in [0.05, 0.1) is 13.2 Å². The van der Waals surface area contributed by atoms with Crippen LogP contribution >= 0.6 is 0 Å². The molecule has 0 radical (unpaired) electrons. The lowest BCUT2D eigenvalue weighted by Gasteiger charge is -2.21. The van der Waals surface area contributed by atoms with Gasteiger partial charge < -0.3 is 14.8 Å². The van der Waals surface area contributed by atoms with E-state index >= 15 is 0 Å². The zero-order valence-corrected chi connectivity index (χ0v) is 17.5. The molecule has 2 aromatic carbocycles. The zero-order chi connectivity index (χ0) is 20.1. The van der Waals surface area contributed by atoms with E-state index in [1.807, 2.05) is 45.9 Å². The third-order valence-electron chi connectivity index (χ3n) is 4.65. The number of rotatable bonds is 7. The largest absolute Gasteiger partial charge is 0.496 e. The molecule has 4 heteroatoms. The summed E-state index contributed by atoms with van der Waals surface area (Å²) in [5.74, 6) is 1.82. The molecule has 0 spiro atoms. The molecule has 0 aromatic heterocycles. The molecule has 27 heavy (non-hydrogen) atoms. The van der Waals surface area contributed by atoms with E-state index in [9.17, 15) is 4.79 Å². The number of hydrogen-bond donors (Lipinski definition) is 1. The highest BCUT2D eigenvalue weighted by molar-refractivity contribution is 5.78. The third-order valence-corrected chi connectivity index (χ3v) is 4.65. The van der Waals surface area contributed by atoms with E-state index in [4.69, 9.17) is 9.47 Å². The zero-order valence-electron chi connectivity index (χ0n) is 17.5. The molecule has 1 amide bonds. The third kappa shape index (κ3) is 5.49. The van der Waals surface area contributed by atoms with Gasteiger partial charge in [0.15, 0.2) is 6.61 Å². The van der Waals surface area contributed by atoms with Crippen LogP contribution in [-0.4, -0.2) is 19.6 Å². The fourth-order valence-electron chi connectivity index (χ4n) is 3.34. The van der Waals surface area contributed by atoms with Crippen LogP contribution in [0.4, 0.5) is 0 Å². The predicted molar refractivity (Wildman–Crippen MR) is 110 cm³/mol. The van der Waals surface area contributed by atoms with Crippen molar-refractivity contribution in [3.8, 4) is 11.5 Å². The number of methoxy groups -OCH3 is 1. The van der Waals surface area contributed by atoms with Crippen molar-refractivity contribution >= 4 is 5.91 Å². The summed E-state index contributed by atoms with van der Waals surface area (Å²) in [5.41, 5.74) is 5.58. The molecule has 0 aliphatic heterocycles. The minimum atomic E-state index is -0.136. The normalized spacial score (nSPS) is 12.0. The van der Waals surface area contributed by atoms with Crippen molar-refractivity contribution in [2.45, 2.75) is 53.5 Å². The van der Waals surface area contributed by atoms with Crippen LogP contribution in [0.2, 0.25) is 0 Å². The number of benzene rings is 2. The van der Waals surface area contributed by atoms with Gasteiger partial charge in [-0.25, -0.2) is 0 Å². The summed E-state index contributed by atoms with van der Waals surface area (Å²) < 4.78 is 11.2. The minimum absolute atomic E-state index is 0.000522. The Labute approximate surface area is 162 Å². The van der Waals surface area contributed by atoms with E-state index in [1.54, 1.807) is 7.11 Å². The average molecular weight is 370 g/mol. The lowest BCUT2D eigenvalue weighted by Crippen LogP contribution is -2.31.